The van der Waals surface area contributed by atoms with Gasteiger partial charge in [-0.25, -0.2) is 0 Å². The number of para-hydroxylation sites is 1. The van der Waals surface area contributed by atoms with Gasteiger partial charge in [-0.05, 0) is 41.4 Å². The fourth-order valence-electron chi connectivity index (χ4n) is 3.85. The van der Waals surface area contributed by atoms with E-state index >= 15 is 0 Å². The molecule has 0 aliphatic heterocycles. The molecule has 0 aliphatic rings. The molecule has 5 heteroatoms. The highest BCUT2D eigenvalue weighted by atomic mass is 32.2. The van der Waals surface area contributed by atoms with Gasteiger partial charge < -0.3 is 19.1 Å². The van der Waals surface area contributed by atoms with Crippen molar-refractivity contribution < 1.29 is 19.1 Å². The van der Waals surface area contributed by atoms with Gasteiger partial charge in [0.1, 0.15) is 6.61 Å². The second-order valence-electron chi connectivity index (χ2n) is 7.61. The number of rotatable bonds is 11. The summed E-state index contributed by atoms with van der Waals surface area (Å²) in [5.41, 5.74) is 4.39. The van der Waals surface area contributed by atoms with Crippen LogP contribution in [0.5, 0.6) is 5.75 Å². The van der Waals surface area contributed by atoms with Gasteiger partial charge >= 0.3 is 0 Å². The van der Waals surface area contributed by atoms with Crippen LogP contribution in [0.25, 0.3) is 11.0 Å². The van der Waals surface area contributed by atoms with Gasteiger partial charge in [0.25, 0.3) is 0 Å². The van der Waals surface area contributed by atoms with Crippen molar-refractivity contribution in [1.82, 2.24) is 0 Å². The Hall–Kier alpha value is -3.18. The van der Waals surface area contributed by atoms with Crippen molar-refractivity contribution in [2.75, 3.05) is 18.1 Å². The Morgan fingerprint density at radius 1 is 0.938 bits per heavy atom. The maximum absolute atomic E-state index is 10.7. The Kier molecular flexibility index (Phi) is 7.51. The SMILES string of the molecule is O=C([O-])COc1cccc2c(CCCSCC(c3ccccc3)c3ccccc3)coc12. The first kappa shape index (κ1) is 22.0. The van der Waals surface area contributed by atoms with Crippen LogP contribution in [-0.2, 0) is 11.2 Å². The average molecular weight is 446 g/mol. The Bertz CT molecular complexity index is 1100. The van der Waals surface area contributed by atoms with Crippen molar-refractivity contribution in [2.45, 2.75) is 18.8 Å². The molecule has 164 valence electrons. The number of hydrogen-bond acceptors (Lipinski definition) is 5. The maximum Gasteiger partial charge on any atom is 0.175 e. The van der Waals surface area contributed by atoms with Crippen molar-refractivity contribution in [2.24, 2.45) is 0 Å². The minimum Gasteiger partial charge on any atom is -0.546 e. The van der Waals surface area contributed by atoms with Gasteiger partial charge in [-0.3, -0.25) is 0 Å². The van der Waals surface area contributed by atoms with Gasteiger partial charge in [0.05, 0.1) is 12.2 Å². The Morgan fingerprint density at radius 2 is 1.62 bits per heavy atom. The quantitative estimate of drug-likeness (QED) is 0.302. The van der Waals surface area contributed by atoms with Crippen molar-refractivity contribution >= 4 is 28.7 Å². The summed E-state index contributed by atoms with van der Waals surface area (Å²) in [4.78, 5) is 10.7. The van der Waals surface area contributed by atoms with Crippen LogP contribution in [-0.4, -0.2) is 24.1 Å². The standard InChI is InChI=1S/C27H26O4S/c28-26(29)18-30-25-15-7-14-23-22(17-31-27(23)25)13-8-16-32-19-24(20-9-3-1-4-10-20)21-11-5-2-6-12-21/h1-7,9-12,14-15,17,24H,8,13,16,18-19H2,(H,28,29)/p-1. The van der Waals surface area contributed by atoms with Crippen LogP contribution in [0, 0.1) is 0 Å². The number of carbonyl (C=O) groups is 1. The molecule has 0 atom stereocenters. The van der Waals surface area contributed by atoms with E-state index in [1.54, 1.807) is 12.3 Å². The predicted octanol–water partition coefficient (Wildman–Crippen LogP) is 5.06. The molecule has 0 radical (unpaired) electrons. The molecular weight excluding hydrogens is 420 g/mol. The van der Waals surface area contributed by atoms with Crippen LogP contribution in [0.4, 0.5) is 0 Å². The number of carboxylic acid groups (broad SMARTS) is 1. The number of benzene rings is 3. The first-order chi connectivity index (χ1) is 15.7. The number of carbonyl (C=O) groups excluding carboxylic acids is 1. The van der Waals surface area contributed by atoms with Crippen molar-refractivity contribution in [3.8, 4) is 5.75 Å². The zero-order valence-electron chi connectivity index (χ0n) is 17.7. The average Bonchev–Trinajstić information content (AvgIpc) is 3.25. The van der Waals surface area contributed by atoms with Gasteiger partial charge in [0, 0.05) is 17.1 Å². The highest BCUT2D eigenvalue weighted by molar-refractivity contribution is 7.99. The minimum absolute atomic E-state index is 0.376. The van der Waals surface area contributed by atoms with Crippen LogP contribution in [0.15, 0.2) is 89.5 Å². The fraction of sp³-hybridized carbons (Fsp3) is 0.222. The molecule has 0 saturated heterocycles. The monoisotopic (exact) mass is 445 g/mol. The number of carboxylic acids is 1. The third-order valence-corrected chi connectivity index (χ3v) is 6.56. The van der Waals surface area contributed by atoms with E-state index < -0.39 is 12.6 Å². The lowest BCUT2D eigenvalue weighted by atomic mass is 9.93. The van der Waals surface area contributed by atoms with Crippen LogP contribution in [0.2, 0.25) is 0 Å². The molecule has 0 unspecified atom stereocenters. The predicted molar refractivity (Wildman–Crippen MR) is 127 cm³/mol. The number of furan rings is 1. The molecule has 4 rings (SSSR count). The van der Waals surface area contributed by atoms with Gasteiger partial charge in [-0.2, -0.15) is 11.8 Å². The number of hydrogen-bond donors (Lipinski definition) is 0. The van der Waals surface area contributed by atoms with E-state index in [0.717, 1.165) is 35.3 Å². The summed E-state index contributed by atoms with van der Waals surface area (Å²) in [5, 5.41) is 11.6. The third kappa shape index (κ3) is 5.54. The topological polar surface area (TPSA) is 62.5 Å². The second-order valence-corrected chi connectivity index (χ2v) is 8.76. The molecule has 32 heavy (non-hydrogen) atoms. The Morgan fingerprint density at radius 3 is 2.28 bits per heavy atom. The second kappa shape index (κ2) is 10.9. The van der Waals surface area contributed by atoms with E-state index in [2.05, 4.69) is 60.7 Å². The molecule has 3 aromatic carbocycles. The molecule has 0 fully saturated rings. The molecule has 0 amide bonds. The molecule has 0 spiro atoms. The van der Waals surface area contributed by atoms with Crippen molar-refractivity contribution in [3.05, 3.63) is 102 Å². The molecule has 0 N–H and O–H groups in total. The zero-order chi connectivity index (χ0) is 22.2. The molecule has 1 heterocycles. The van der Waals surface area contributed by atoms with Crippen molar-refractivity contribution in [3.63, 3.8) is 0 Å². The zero-order valence-corrected chi connectivity index (χ0v) is 18.6. The Labute approximate surface area is 192 Å². The number of thioether (sulfide) groups is 1. The normalized spacial score (nSPS) is 11.2. The smallest absolute Gasteiger partial charge is 0.175 e. The van der Waals surface area contributed by atoms with Gasteiger partial charge in [0.2, 0.25) is 0 Å². The number of fused-ring (bicyclic) bond motifs is 1. The molecular formula is C27H25O4S-. The van der Waals surface area contributed by atoms with E-state index in [4.69, 9.17) is 9.15 Å². The molecule has 4 nitrogen and oxygen atoms in total. The summed E-state index contributed by atoms with van der Waals surface area (Å²) >= 11 is 1.97. The number of aliphatic carboxylic acids is 1. The highest BCUT2D eigenvalue weighted by Crippen LogP contribution is 2.32. The van der Waals surface area contributed by atoms with Gasteiger partial charge in [-0.15, -0.1) is 0 Å². The lowest BCUT2D eigenvalue weighted by Crippen LogP contribution is -2.28. The largest absolute Gasteiger partial charge is 0.546 e. The summed E-state index contributed by atoms with van der Waals surface area (Å²) in [6.07, 6.45) is 3.67. The van der Waals surface area contributed by atoms with Crippen LogP contribution < -0.4 is 9.84 Å². The minimum atomic E-state index is -1.25. The first-order valence-electron chi connectivity index (χ1n) is 10.7. The Balaban J connectivity index is 1.34. The van der Waals surface area contributed by atoms with Gasteiger partial charge in [-0.1, -0.05) is 72.8 Å². The van der Waals surface area contributed by atoms with Crippen LogP contribution in [0.1, 0.15) is 29.0 Å². The van der Waals surface area contributed by atoms with Crippen LogP contribution >= 0.6 is 11.8 Å². The lowest BCUT2D eigenvalue weighted by Gasteiger charge is -2.17. The fourth-order valence-corrected chi connectivity index (χ4v) is 4.98. The number of ether oxygens (including phenoxy) is 1. The summed E-state index contributed by atoms with van der Waals surface area (Å²) in [6, 6.07) is 26.9. The third-order valence-electron chi connectivity index (χ3n) is 5.41. The molecule has 4 aromatic rings. The van der Waals surface area contributed by atoms with E-state index in [1.165, 1.54) is 11.1 Å². The van der Waals surface area contributed by atoms with Crippen molar-refractivity contribution in [1.29, 1.82) is 0 Å². The summed E-state index contributed by atoms with van der Waals surface area (Å²) in [6.45, 7) is -0.490. The van der Waals surface area contributed by atoms with Crippen LogP contribution in [0.3, 0.4) is 0 Å². The maximum atomic E-state index is 10.7. The van der Waals surface area contributed by atoms with E-state index in [0.29, 0.717) is 17.3 Å². The molecule has 0 saturated carbocycles. The number of aryl methyl sites for hydroxylation is 1. The van der Waals surface area contributed by atoms with E-state index in [9.17, 15) is 9.90 Å². The first-order valence-corrected chi connectivity index (χ1v) is 11.9. The highest BCUT2D eigenvalue weighted by Gasteiger charge is 2.14. The van der Waals surface area contributed by atoms with Gasteiger partial charge in [0.15, 0.2) is 11.3 Å². The summed E-state index contributed by atoms with van der Waals surface area (Å²) in [5.74, 6) is 1.63. The molecule has 0 bridgehead atoms. The van der Waals surface area contributed by atoms with E-state index in [1.807, 2.05) is 23.9 Å². The molecule has 0 aliphatic carbocycles. The lowest BCUT2D eigenvalue weighted by molar-refractivity contribution is -0.307. The van der Waals surface area contributed by atoms with E-state index in [-0.39, 0.29) is 0 Å². The summed E-state index contributed by atoms with van der Waals surface area (Å²) in [7, 11) is 0. The molecule has 1 aromatic heterocycles. The summed E-state index contributed by atoms with van der Waals surface area (Å²) < 4.78 is 11.0.